The predicted molar refractivity (Wildman–Crippen MR) is 116 cm³/mol. The minimum absolute atomic E-state index is 0.225. The minimum Gasteiger partial charge on any atom is -0.340 e. The molecule has 4 aromatic rings. The molecule has 1 amide bonds. The van der Waals surface area contributed by atoms with Crippen LogP contribution in [0.15, 0.2) is 60.1 Å². The number of fused-ring (bicyclic) bond motifs is 1. The largest absolute Gasteiger partial charge is 0.340 e. The zero-order valence-corrected chi connectivity index (χ0v) is 17.3. The monoisotopic (exact) mass is 424 g/mol. The van der Waals surface area contributed by atoms with Crippen molar-refractivity contribution in [2.24, 2.45) is 7.05 Å². The van der Waals surface area contributed by atoms with Crippen LogP contribution in [0.3, 0.4) is 0 Å². The molecule has 0 unspecified atom stereocenters. The lowest BCUT2D eigenvalue weighted by atomic mass is 10.2. The Bertz CT molecular complexity index is 1180. The summed E-state index contributed by atoms with van der Waals surface area (Å²) >= 11 is 7.71. The normalized spacial score (nSPS) is 10.9. The second kappa shape index (κ2) is 8.10. The summed E-state index contributed by atoms with van der Waals surface area (Å²) in [4.78, 5) is 25.2. The lowest BCUT2D eigenvalue weighted by Crippen LogP contribution is -2.15. The van der Waals surface area contributed by atoms with Crippen molar-refractivity contribution in [3.05, 3.63) is 71.4 Å². The molecule has 0 fully saturated rings. The minimum atomic E-state index is -0.225. The molecule has 3 heterocycles. The smallest absolute Gasteiger partial charge is 0.272 e. The molecule has 0 aliphatic carbocycles. The Hall–Kier alpha value is -3.10. The Kier molecular flexibility index (Phi) is 5.37. The summed E-state index contributed by atoms with van der Waals surface area (Å²) in [5, 5.41) is 5.14. The van der Waals surface area contributed by atoms with Gasteiger partial charge in [-0.05, 0) is 36.8 Å². The van der Waals surface area contributed by atoms with Crippen LogP contribution in [0.25, 0.3) is 10.9 Å². The van der Waals surface area contributed by atoms with Crippen LogP contribution in [0, 0.1) is 6.92 Å². The molecule has 0 bridgehead atoms. The van der Waals surface area contributed by atoms with E-state index in [0.717, 1.165) is 21.5 Å². The SMILES string of the molecule is Cc1ccc2c(cc(C(=O)Nc3ccc(SNc4cnccn4)nc3)n2C)c1Cl. The number of carbonyl (C=O) groups excluding carboxylic acids is 1. The fourth-order valence-corrected chi connectivity index (χ4v) is 3.64. The number of halogens is 1. The van der Waals surface area contributed by atoms with Gasteiger partial charge in [0.05, 0.1) is 23.1 Å². The Labute approximate surface area is 176 Å². The number of rotatable bonds is 5. The average Bonchev–Trinajstić information content (AvgIpc) is 3.08. The first-order valence-electron chi connectivity index (χ1n) is 8.74. The first-order valence-corrected chi connectivity index (χ1v) is 9.93. The second-order valence-electron chi connectivity index (χ2n) is 6.35. The van der Waals surface area contributed by atoms with E-state index < -0.39 is 0 Å². The van der Waals surface area contributed by atoms with Crippen LogP contribution in [-0.2, 0) is 7.05 Å². The lowest BCUT2D eigenvalue weighted by Gasteiger charge is -2.07. The summed E-state index contributed by atoms with van der Waals surface area (Å²) in [6.45, 7) is 1.94. The third kappa shape index (κ3) is 4.03. The number of nitrogens with zero attached hydrogens (tertiary/aromatic N) is 4. The second-order valence-corrected chi connectivity index (χ2v) is 7.56. The molecule has 0 atom stereocenters. The molecule has 146 valence electrons. The molecule has 4 rings (SSSR count). The number of benzene rings is 1. The summed E-state index contributed by atoms with van der Waals surface area (Å²) in [6, 6.07) is 9.33. The molecule has 9 heteroatoms. The molecule has 0 saturated heterocycles. The topological polar surface area (TPSA) is 84.7 Å². The highest BCUT2D eigenvalue weighted by molar-refractivity contribution is 8.00. The summed E-state index contributed by atoms with van der Waals surface area (Å²) in [6.07, 6.45) is 6.45. The van der Waals surface area contributed by atoms with Gasteiger partial charge in [0.25, 0.3) is 5.91 Å². The highest BCUT2D eigenvalue weighted by atomic mass is 35.5. The van der Waals surface area contributed by atoms with Crippen molar-refractivity contribution in [3.63, 3.8) is 0 Å². The van der Waals surface area contributed by atoms with Gasteiger partial charge in [0.2, 0.25) is 0 Å². The zero-order chi connectivity index (χ0) is 20.4. The molecule has 2 N–H and O–H groups in total. The van der Waals surface area contributed by atoms with Gasteiger partial charge in [0.1, 0.15) is 10.7 Å². The molecule has 3 aromatic heterocycles. The molecule has 0 aliphatic rings. The van der Waals surface area contributed by atoms with E-state index in [4.69, 9.17) is 11.6 Å². The molecular weight excluding hydrogens is 408 g/mol. The van der Waals surface area contributed by atoms with Crippen LogP contribution in [0.4, 0.5) is 11.5 Å². The van der Waals surface area contributed by atoms with Crippen molar-refractivity contribution >= 4 is 51.9 Å². The van der Waals surface area contributed by atoms with Gasteiger partial charge in [-0.3, -0.25) is 9.78 Å². The third-order valence-corrected chi connectivity index (χ3v) is 5.67. The summed E-state index contributed by atoms with van der Waals surface area (Å²) in [7, 11) is 1.85. The van der Waals surface area contributed by atoms with E-state index in [1.54, 1.807) is 30.9 Å². The number of amides is 1. The molecule has 7 nitrogen and oxygen atoms in total. The van der Waals surface area contributed by atoms with Gasteiger partial charge < -0.3 is 14.6 Å². The van der Waals surface area contributed by atoms with E-state index in [0.29, 0.717) is 22.2 Å². The summed E-state index contributed by atoms with van der Waals surface area (Å²) < 4.78 is 4.89. The van der Waals surface area contributed by atoms with Gasteiger partial charge in [-0.25, -0.2) is 9.97 Å². The first kappa shape index (κ1) is 19.2. The van der Waals surface area contributed by atoms with Gasteiger partial charge in [0, 0.05) is 42.3 Å². The van der Waals surface area contributed by atoms with Crippen LogP contribution in [0.2, 0.25) is 5.02 Å². The number of aromatic nitrogens is 4. The van der Waals surface area contributed by atoms with E-state index in [2.05, 4.69) is 25.0 Å². The molecule has 0 radical (unpaired) electrons. The number of anilines is 2. The van der Waals surface area contributed by atoms with Crippen molar-refractivity contribution in [1.29, 1.82) is 0 Å². The fourth-order valence-electron chi connectivity index (χ4n) is 2.87. The van der Waals surface area contributed by atoms with Crippen molar-refractivity contribution < 1.29 is 4.79 Å². The Balaban J connectivity index is 1.47. The van der Waals surface area contributed by atoms with Crippen LogP contribution in [0.5, 0.6) is 0 Å². The van der Waals surface area contributed by atoms with E-state index in [-0.39, 0.29) is 5.91 Å². The van der Waals surface area contributed by atoms with Gasteiger partial charge in [0.15, 0.2) is 5.82 Å². The van der Waals surface area contributed by atoms with Crippen molar-refractivity contribution in [3.8, 4) is 0 Å². The molecule has 0 spiro atoms. The lowest BCUT2D eigenvalue weighted by molar-refractivity contribution is 0.101. The van der Waals surface area contributed by atoms with Gasteiger partial charge in [-0.15, -0.1) is 0 Å². The highest BCUT2D eigenvalue weighted by Gasteiger charge is 2.16. The van der Waals surface area contributed by atoms with Crippen LogP contribution < -0.4 is 10.0 Å². The van der Waals surface area contributed by atoms with E-state index in [1.807, 2.05) is 42.8 Å². The Morgan fingerprint density at radius 3 is 2.72 bits per heavy atom. The highest BCUT2D eigenvalue weighted by Crippen LogP contribution is 2.29. The maximum atomic E-state index is 12.8. The van der Waals surface area contributed by atoms with Gasteiger partial charge >= 0.3 is 0 Å². The Morgan fingerprint density at radius 2 is 2.00 bits per heavy atom. The van der Waals surface area contributed by atoms with Crippen LogP contribution in [0.1, 0.15) is 16.1 Å². The number of hydrogen-bond donors (Lipinski definition) is 2. The predicted octanol–water partition coefficient (Wildman–Crippen LogP) is 4.70. The maximum Gasteiger partial charge on any atom is 0.272 e. The Morgan fingerprint density at radius 1 is 1.14 bits per heavy atom. The average molecular weight is 425 g/mol. The molecule has 29 heavy (non-hydrogen) atoms. The van der Waals surface area contributed by atoms with Crippen molar-refractivity contribution in [1.82, 2.24) is 19.5 Å². The maximum absolute atomic E-state index is 12.8. The van der Waals surface area contributed by atoms with Gasteiger partial charge in [-0.1, -0.05) is 17.7 Å². The van der Waals surface area contributed by atoms with E-state index in [9.17, 15) is 4.79 Å². The summed E-state index contributed by atoms with van der Waals surface area (Å²) in [5.41, 5.74) is 3.01. The number of hydrogen-bond acceptors (Lipinski definition) is 6. The number of aryl methyl sites for hydroxylation is 2. The van der Waals surface area contributed by atoms with Crippen molar-refractivity contribution in [2.45, 2.75) is 11.9 Å². The summed E-state index contributed by atoms with van der Waals surface area (Å²) in [5.74, 6) is 0.415. The quantitative estimate of drug-likeness (QED) is 0.452. The van der Waals surface area contributed by atoms with E-state index in [1.165, 1.54) is 11.9 Å². The molecule has 0 aliphatic heterocycles. The fraction of sp³-hybridized carbons (Fsp3) is 0.100. The van der Waals surface area contributed by atoms with Crippen molar-refractivity contribution in [2.75, 3.05) is 10.0 Å². The standard InChI is InChI=1S/C20H17ClN6OS/c1-12-3-5-15-14(19(12)21)9-16(27(15)2)20(28)25-13-4-6-18(24-10-13)29-26-17-11-22-7-8-23-17/h3-11H,1-2H3,(H,23,26)(H,25,28). The molecule has 1 aromatic carbocycles. The first-order chi connectivity index (χ1) is 14.0. The number of carbonyl (C=O) groups is 1. The number of pyridine rings is 1. The van der Waals surface area contributed by atoms with Crippen LogP contribution in [-0.4, -0.2) is 25.4 Å². The zero-order valence-electron chi connectivity index (χ0n) is 15.7. The third-order valence-electron chi connectivity index (χ3n) is 4.40. The van der Waals surface area contributed by atoms with Crippen LogP contribution >= 0.6 is 23.5 Å². The van der Waals surface area contributed by atoms with E-state index >= 15 is 0 Å². The molecular formula is C20H17ClN6OS. The number of nitrogens with one attached hydrogen (secondary N) is 2. The molecule has 0 saturated carbocycles. The van der Waals surface area contributed by atoms with Gasteiger partial charge in [-0.2, -0.15) is 0 Å².